The van der Waals surface area contributed by atoms with Crippen LogP contribution in [0, 0.1) is 0 Å². The van der Waals surface area contributed by atoms with Crippen LogP contribution in [0.25, 0.3) is 0 Å². The normalized spacial score (nSPS) is 9.83. The molecule has 0 aliphatic carbocycles. The quantitative estimate of drug-likeness (QED) is 0.639. The zero-order valence-corrected chi connectivity index (χ0v) is 7.50. The number of hydrogen-bond donors (Lipinski definition) is 0. The molecule has 1 rings (SSSR count). The summed E-state index contributed by atoms with van der Waals surface area (Å²) in [5, 5.41) is 0. The van der Waals surface area contributed by atoms with Crippen LogP contribution in [0.4, 0.5) is 0 Å². The smallest absolute Gasteiger partial charge is 0.164 e. The molecule has 0 aliphatic heterocycles. The van der Waals surface area contributed by atoms with Crippen molar-refractivity contribution in [2.75, 3.05) is 0 Å². The fourth-order valence-electron chi connectivity index (χ4n) is 1.16. The summed E-state index contributed by atoms with van der Waals surface area (Å²) in [6, 6.07) is 3.65. The Morgan fingerprint density at radius 1 is 1.50 bits per heavy atom. The molecule has 1 aromatic rings. The van der Waals surface area contributed by atoms with Gasteiger partial charge in [-0.3, -0.25) is 9.78 Å². The van der Waals surface area contributed by atoms with Gasteiger partial charge in [-0.05, 0) is 18.6 Å². The summed E-state index contributed by atoms with van der Waals surface area (Å²) in [7, 11) is 0. The number of Topliss-reactive ketones (excluding diaryl/α,β-unsaturated/α-hetero) is 1. The van der Waals surface area contributed by atoms with Gasteiger partial charge in [0, 0.05) is 18.2 Å². The Labute approximate surface area is 72.6 Å². The molecule has 12 heavy (non-hydrogen) atoms. The van der Waals surface area contributed by atoms with Crippen LogP contribution in [0.2, 0.25) is 0 Å². The van der Waals surface area contributed by atoms with Crippen molar-refractivity contribution < 1.29 is 4.79 Å². The lowest BCUT2D eigenvalue weighted by molar-refractivity contribution is 0.0987. The third-order valence-electron chi connectivity index (χ3n) is 1.85. The molecule has 0 N–H and O–H groups in total. The van der Waals surface area contributed by atoms with Crippen molar-refractivity contribution >= 4 is 5.78 Å². The van der Waals surface area contributed by atoms with Gasteiger partial charge in [0.15, 0.2) is 5.78 Å². The Kier molecular flexibility index (Phi) is 2.97. The second-order valence-corrected chi connectivity index (χ2v) is 2.63. The maximum atomic E-state index is 11.4. The van der Waals surface area contributed by atoms with Gasteiger partial charge < -0.3 is 0 Å². The first-order chi connectivity index (χ1) is 5.79. The van der Waals surface area contributed by atoms with E-state index in [0.717, 1.165) is 17.7 Å². The summed E-state index contributed by atoms with van der Waals surface area (Å²) in [6.45, 7) is 3.88. The van der Waals surface area contributed by atoms with Crippen LogP contribution in [0.15, 0.2) is 18.3 Å². The van der Waals surface area contributed by atoms with Gasteiger partial charge in [0.1, 0.15) is 0 Å². The molecule has 0 aliphatic rings. The molecule has 0 spiro atoms. The number of aryl methyl sites for hydroxylation is 1. The van der Waals surface area contributed by atoms with E-state index in [4.69, 9.17) is 0 Å². The van der Waals surface area contributed by atoms with E-state index in [1.54, 1.807) is 6.20 Å². The van der Waals surface area contributed by atoms with Crippen LogP contribution in [-0.4, -0.2) is 10.8 Å². The fraction of sp³-hybridized carbons (Fsp3) is 0.400. The predicted octanol–water partition coefficient (Wildman–Crippen LogP) is 2.24. The standard InChI is InChI=1S/C10H13NO/c1-3-9-8(10(12)4-2)6-5-7-11-9/h5-7H,3-4H2,1-2H3. The second-order valence-electron chi connectivity index (χ2n) is 2.63. The SMILES string of the molecule is CCC(=O)c1cccnc1CC. The van der Waals surface area contributed by atoms with E-state index in [2.05, 4.69) is 4.98 Å². The zero-order valence-electron chi connectivity index (χ0n) is 7.50. The summed E-state index contributed by atoms with van der Waals surface area (Å²) < 4.78 is 0. The number of nitrogens with zero attached hydrogens (tertiary/aromatic N) is 1. The molecule has 0 unspecified atom stereocenters. The predicted molar refractivity (Wildman–Crippen MR) is 48.2 cm³/mol. The number of pyridine rings is 1. The molecule has 1 aromatic heterocycles. The molecule has 0 atom stereocenters. The Balaban J connectivity index is 3.04. The maximum absolute atomic E-state index is 11.4. The van der Waals surface area contributed by atoms with E-state index in [1.807, 2.05) is 26.0 Å². The summed E-state index contributed by atoms with van der Waals surface area (Å²) in [4.78, 5) is 15.5. The number of carbonyl (C=O) groups is 1. The maximum Gasteiger partial charge on any atom is 0.164 e. The summed E-state index contributed by atoms with van der Waals surface area (Å²) in [5.74, 6) is 0.181. The molecule has 0 bridgehead atoms. The lowest BCUT2D eigenvalue weighted by Gasteiger charge is -2.02. The van der Waals surface area contributed by atoms with E-state index in [0.29, 0.717) is 6.42 Å². The Morgan fingerprint density at radius 3 is 2.83 bits per heavy atom. The third-order valence-corrected chi connectivity index (χ3v) is 1.85. The highest BCUT2D eigenvalue weighted by molar-refractivity contribution is 5.96. The largest absolute Gasteiger partial charge is 0.294 e. The van der Waals surface area contributed by atoms with Crippen molar-refractivity contribution in [3.63, 3.8) is 0 Å². The van der Waals surface area contributed by atoms with Crippen LogP contribution >= 0.6 is 0 Å². The van der Waals surface area contributed by atoms with Crippen molar-refractivity contribution in [2.45, 2.75) is 26.7 Å². The first-order valence-corrected chi connectivity index (χ1v) is 4.26. The van der Waals surface area contributed by atoms with Crippen molar-refractivity contribution in [1.29, 1.82) is 0 Å². The number of hydrogen-bond acceptors (Lipinski definition) is 2. The van der Waals surface area contributed by atoms with Gasteiger partial charge in [-0.15, -0.1) is 0 Å². The highest BCUT2D eigenvalue weighted by Crippen LogP contribution is 2.08. The summed E-state index contributed by atoms with van der Waals surface area (Å²) >= 11 is 0. The molecular formula is C10H13NO. The molecule has 0 saturated heterocycles. The number of rotatable bonds is 3. The van der Waals surface area contributed by atoms with Crippen LogP contribution in [0.5, 0.6) is 0 Å². The molecule has 2 nitrogen and oxygen atoms in total. The monoisotopic (exact) mass is 163 g/mol. The van der Waals surface area contributed by atoms with E-state index >= 15 is 0 Å². The molecule has 64 valence electrons. The Bertz CT molecular complexity index is 281. The van der Waals surface area contributed by atoms with Gasteiger partial charge >= 0.3 is 0 Å². The number of carbonyl (C=O) groups excluding carboxylic acids is 1. The van der Waals surface area contributed by atoms with Crippen LogP contribution in [0.1, 0.15) is 36.3 Å². The number of aromatic nitrogens is 1. The van der Waals surface area contributed by atoms with Gasteiger partial charge in [0.25, 0.3) is 0 Å². The first-order valence-electron chi connectivity index (χ1n) is 4.26. The molecule has 2 heteroatoms. The van der Waals surface area contributed by atoms with Crippen molar-refractivity contribution in [3.05, 3.63) is 29.6 Å². The zero-order chi connectivity index (χ0) is 8.97. The van der Waals surface area contributed by atoms with Crippen molar-refractivity contribution in [2.24, 2.45) is 0 Å². The van der Waals surface area contributed by atoms with Gasteiger partial charge in [0.05, 0.1) is 5.69 Å². The van der Waals surface area contributed by atoms with E-state index < -0.39 is 0 Å². The first kappa shape index (κ1) is 8.91. The Hall–Kier alpha value is -1.18. The van der Waals surface area contributed by atoms with Crippen LogP contribution in [0.3, 0.4) is 0 Å². The lowest BCUT2D eigenvalue weighted by atomic mass is 10.1. The average molecular weight is 163 g/mol. The van der Waals surface area contributed by atoms with Crippen LogP contribution in [-0.2, 0) is 6.42 Å². The minimum Gasteiger partial charge on any atom is -0.294 e. The van der Waals surface area contributed by atoms with E-state index in [9.17, 15) is 4.79 Å². The summed E-state index contributed by atoms with van der Waals surface area (Å²) in [5.41, 5.74) is 1.69. The molecule has 0 amide bonds. The van der Waals surface area contributed by atoms with Crippen LogP contribution < -0.4 is 0 Å². The van der Waals surface area contributed by atoms with Gasteiger partial charge in [0.2, 0.25) is 0 Å². The third kappa shape index (κ3) is 1.70. The second kappa shape index (κ2) is 4.00. The lowest BCUT2D eigenvalue weighted by Crippen LogP contribution is -2.03. The van der Waals surface area contributed by atoms with E-state index in [-0.39, 0.29) is 5.78 Å². The van der Waals surface area contributed by atoms with Gasteiger partial charge in [-0.2, -0.15) is 0 Å². The minimum absolute atomic E-state index is 0.181. The average Bonchev–Trinajstić information content (AvgIpc) is 2.16. The number of ketones is 1. The highest BCUT2D eigenvalue weighted by atomic mass is 16.1. The van der Waals surface area contributed by atoms with Gasteiger partial charge in [-0.1, -0.05) is 13.8 Å². The molecule has 0 saturated carbocycles. The molecule has 0 aromatic carbocycles. The van der Waals surface area contributed by atoms with Crippen molar-refractivity contribution in [1.82, 2.24) is 4.98 Å². The highest BCUT2D eigenvalue weighted by Gasteiger charge is 2.07. The minimum atomic E-state index is 0.181. The van der Waals surface area contributed by atoms with Crippen molar-refractivity contribution in [3.8, 4) is 0 Å². The topological polar surface area (TPSA) is 30.0 Å². The van der Waals surface area contributed by atoms with E-state index in [1.165, 1.54) is 0 Å². The van der Waals surface area contributed by atoms with Gasteiger partial charge in [-0.25, -0.2) is 0 Å². The fourth-order valence-corrected chi connectivity index (χ4v) is 1.16. The molecule has 0 fully saturated rings. The molecule has 1 heterocycles. The molecule has 0 radical (unpaired) electrons. The molecular weight excluding hydrogens is 150 g/mol. The summed E-state index contributed by atoms with van der Waals surface area (Å²) in [6.07, 6.45) is 3.10. The Morgan fingerprint density at radius 2 is 2.25 bits per heavy atom.